The molecule has 0 spiro atoms. The van der Waals surface area contributed by atoms with E-state index in [9.17, 15) is 19.2 Å². The van der Waals surface area contributed by atoms with Gasteiger partial charge >= 0.3 is 11.9 Å². The molecular formula is C10H17N3O6. The van der Waals surface area contributed by atoms with Gasteiger partial charge in [-0.2, -0.15) is 0 Å². The standard InChI is InChI=1S/C10H17N3O6/c1-5(11)9(17)12-4-7(14)13-6(10(18)19)2-3-8(15)16/h5-6H,2-4,11H2,1H3,(H,12,17)(H,13,14)(H,15,16)(H,18,19). The zero-order valence-corrected chi connectivity index (χ0v) is 10.4. The third-order valence-corrected chi connectivity index (χ3v) is 2.12. The lowest BCUT2D eigenvalue weighted by molar-refractivity contribution is -0.142. The van der Waals surface area contributed by atoms with Crippen molar-refractivity contribution >= 4 is 23.8 Å². The molecule has 19 heavy (non-hydrogen) atoms. The molecule has 0 saturated carbocycles. The lowest BCUT2D eigenvalue weighted by Crippen LogP contribution is -2.48. The number of rotatable bonds is 8. The van der Waals surface area contributed by atoms with Crippen LogP contribution in [-0.2, 0) is 19.2 Å². The van der Waals surface area contributed by atoms with Crippen LogP contribution in [-0.4, -0.2) is 52.6 Å². The van der Waals surface area contributed by atoms with Crippen molar-refractivity contribution in [1.29, 1.82) is 0 Å². The Bertz CT molecular complexity index is 368. The van der Waals surface area contributed by atoms with E-state index in [-0.39, 0.29) is 12.8 Å². The van der Waals surface area contributed by atoms with Crippen LogP contribution in [0.5, 0.6) is 0 Å². The van der Waals surface area contributed by atoms with Gasteiger partial charge in [-0.1, -0.05) is 0 Å². The highest BCUT2D eigenvalue weighted by Gasteiger charge is 2.21. The molecular weight excluding hydrogens is 258 g/mol. The van der Waals surface area contributed by atoms with E-state index in [0.29, 0.717) is 0 Å². The maximum atomic E-state index is 11.4. The van der Waals surface area contributed by atoms with Gasteiger partial charge in [-0.15, -0.1) is 0 Å². The van der Waals surface area contributed by atoms with Crippen molar-refractivity contribution in [3.8, 4) is 0 Å². The number of carbonyl (C=O) groups excluding carboxylic acids is 2. The number of amides is 2. The molecule has 0 radical (unpaired) electrons. The summed E-state index contributed by atoms with van der Waals surface area (Å²) in [4.78, 5) is 43.5. The Balaban J connectivity index is 4.21. The molecule has 0 aromatic rings. The maximum Gasteiger partial charge on any atom is 0.326 e. The summed E-state index contributed by atoms with van der Waals surface area (Å²) in [6.45, 7) is 1.01. The van der Waals surface area contributed by atoms with Crippen molar-refractivity contribution in [3.63, 3.8) is 0 Å². The van der Waals surface area contributed by atoms with Gasteiger partial charge in [-0.3, -0.25) is 14.4 Å². The first-order valence-corrected chi connectivity index (χ1v) is 5.51. The van der Waals surface area contributed by atoms with Crippen LogP contribution in [0.3, 0.4) is 0 Å². The topological polar surface area (TPSA) is 159 Å². The first kappa shape index (κ1) is 16.8. The molecule has 6 N–H and O–H groups in total. The van der Waals surface area contributed by atoms with Gasteiger partial charge in [0.05, 0.1) is 12.6 Å². The lowest BCUT2D eigenvalue weighted by Gasteiger charge is -2.14. The van der Waals surface area contributed by atoms with Gasteiger partial charge in [0, 0.05) is 6.42 Å². The molecule has 0 aliphatic heterocycles. The highest BCUT2D eigenvalue weighted by Crippen LogP contribution is 1.97. The third kappa shape index (κ3) is 7.71. The Morgan fingerprint density at radius 1 is 1.21 bits per heavy atom. The molecule has 0 fully saturated rings. The molecule has 0 aromatic heterocycles. The zero-order valence-electron chi connectivity index (χ0n) is 10.4. The summed E-state index contributed by atoms with van der Waals surface area (Å²) in [5, 5.41) is 21.5. The number of hydrogen-bond donors (Lipinski definition) is 5. The van der Waals surface area contributed by atoms with E-state index in [0.717, 1.165) is 0 Å². The average Bonchev–Trinajstić information content (AvgIpc) is 2.30. The van der Waals surface area contributed by atoms with Crippen molar-refractivity contribution < 1.29 is 29.4 Å². The molecule has 0 aliphatic carbocycles. The van der Waals surface area contributed by atoms with Crippen LogP contribution in [0.15, 0.2) is 0 Å². The molecule has 9 heteroatoms. The number of hydrogen-bond acceptors (Lipinski definition) is 5. The normalized spacial score (nSPS) is 13.2. The number of nitrogens with two attached hydrogens (primary N) is 1. The molecule has 0 aliphatic rings. The Labute approximate surface area is 109 Å². The van der Waals surface area contributed by atoms with Crippen molar-refractivity contribution in [2.24, 2.45) is 5.73 Å². The summed E-state index contributed by atoms with van der Waals surface area (Å²) in [6.07, 6.45) is -0.624. The molecule has 0 rings (SSSR count). The number of nitrogens with one attached hydrogen (secondary N) is 2. The smallest absolute Gasteiger partial charge is 0.326 e. The minimum absolute atomic E-state index is 0.238. The first-order valence-electron chi connectivity index (χ1n) is 5.51. The van der Waals surface area contributed by atoms with Gasteiger partial charge in [0.25, 0.3) is 0 Å². The van der Waals surface area contributed by atoms with Crippen LogP contribution >= 0.6 is 0 Å². The highest BCUT2D eigenvalue weighted by atomic mass is 16.4. The maximum absolute atomic E-state index is 11.4. The van der Waals surface area contributed by atoms with Gasteiger partial charge in [-0.25, -0.2) is 4.79 Å². The van der Waals surface area contributed by atoms with E-state index < -0.39 is 42.4 Å². The molecule has 0 bridgehead atoms. The van der Waals surface area contributed by atoms with Crippen LogP contribution in [0, 0.1) is 0 Å². The quantitative estimate of drug-likeness (QED) is 0.338. The number of aliphatic carboxylic acids is 2. The first-order chi connectivity index (χ1) is 8.73. The van der Waals surface area contributed by atoms with Crippen LogP contribution in [0.2, 0.25) is 0 Å². The van der Waals surface area contributed by atoms with Gasteiger partial charge in [0.1, 0.15) is 6.04 Å². The van der Waals surface area contributed by atoms with Gasteiger partial charge in [-0.05, 0) is 13.3 Å². The molecule has 0 aromatic carbocycles. The number of carboxylic acids is 2. The molecule has 0 heterocycles. The zero-order chi connectivity index (χ0) is 15.0. The summed E-state index contributed by atoms with van der Waals surface area (Å²) in [7, 11) is 0. The minimum Gasteiger partial charge on any atom is -0.481 e. The fourth-order valence-corrected chi connectivity index (χ4v) is 1.10. The van der Waals surface area contributed by atoms with Crippen LogP contribution < -0.4 is 16.4 Å². The predicted molar refractivity (Wildman–Crippen MR) is 63.1 cm³/mol. The molecule has 9 nitrogen and oxygen atoms in total. The van der Waals surface area contributed by atoms with E-state index in [4.69, 9.17) is 15.9 Å². The molecule has 2 unspecified atom stereocenters. The second-order valence-electron chi connectivity index (χ2n) is 3.90. The van der Waals surface area contributed by atoms with Crippen LogP contribution in [0.25, 0.3) is 0 Å². The highest BCUT2D eigenvalue weighted by molar-refractivity contribution is 5.89. The van der Waals surface area contributed by atoms with E-state index in [1.165, 1.54) is 6.92 Å². The van der Waals surface area contributed by atoms with Crippen molar-refractivity contribution in [3.05, 3.63) is 0 Å². The molecule has 2 amide bonds. The van der Waals surface area contributed by atoms with E-state index in [2.05, 4.69) is 10.6 Å². The SMILES string of the molecule is CC(N)C(=O)NCC(=O)NC(CCC(=O)O)C(=O)O. The largest absolute Gasteiger partial charge is 0.481 e. The fourth-order valence-electron chi connectivity index (χ4n) is 1.10. The molecule has 0 saturated heterocycles. The Morgan fingerprint density at radius 3 is 2.21 bits per heavy atom. The molecule has 108 valence electrons. The van der Waals surface area contributed by atoms with E-state index in [1.54, 1.807) is 0 Å². The summed E-state index contributed by atoms with van der Waals surface area (Å²) < 4.78 is 0. The number of carboxylic acid groups (broad SMARTS) is 2. The average molecular weight is 275 g/mol. The predicted octanol–water partition coefficient (Wildman–Crippen LogP) is -2.12. The summed E-state index contributed by atoms with van der Waals surface area (Å²) in [6, 6.07) is -2.09. The van der Waals surface area contributed by atoms with Gasteiger partial charge < -0.3 is 26.6 Å². The minimum atomic E-state index is -1.34. The summed E-state index contributed by atoms with van der Waals surface area (Å²) >= 11 is 0. The monoisotopic (exact) mass is 275 g/mol. The second kappa shape index (κ2) is 8.03. The Kier molecular flexibility index (Phi) is 7.12. The number of carbonyl (C=O) groups is 4. The van der Waals surface area contributed by atoms with E-state index >= 15 is 0 Å². The fraction of sp³-hybridized carbons (Fsp3) is 0.600. The Morgan fingerprint density at radius 2 is 1.79 bits per heavy atom. The van der Waals surface area contributed by atoms with Gasteiger partial charge in [0.15, 0.2) is 0 Å². The summed E-state index contributed by atoms with van der Waals surface area (Å²) in [5.74, 6) is -3.78. The van der Waals surface area contributed by atoms with Crippen molar-refractivity contribution in [1.82, 2.24) is 10.6 Å². The second-order valence-corrected chi connectivity index (χ2v) is 3.90. The molecule has 2 atom stereocenters. The van der Waals surface area contributed by atoms with Crippen molar-refractivity contribution in [2.45, 2.75) is 31.8 Å². The van der Waals surface area contributed by atoms with E-state index in [1.807, 2.05) is 0 Å². The van der Waals surface area contributed by atoms with Gasteiger partial charge in [0.2, 0.25) is 11.8 Å². The van der Waals surface area contributed by atoms with Crippen molar-refractivity contribution in [2.75, 3.05) is 6.54 Å². The summed E-state index contributed by atoms with van der Waals surface area (Å²) in [5.41, 5.74) is 5.25. The van der Waals surface area contributed by atoms with Crippen LogP contribution in [0.4, 0.5) is 0 Å². The van der Waals surface area contributed by atoms with Crippen LogP contribution in [0.1, 0.15) is 19.8 Å². The Hall–Kier alpha value is -2.16. The lowest BCUT2D eigenvalue weighted by atomic mass is 10.1. The third-order valence-electron chi connectivity index (χ3n) is 2.12.